The largest absolute Gasteiger partial charge is 0.417 e. The molecule has 0 saturated heterocycles. The molecule has 24 heavy (non-hydrogen) atoms. The van der Waals surface area contributed by atoms with Crippen LogP contribution in [0.4, 0.5) is 19.0 Å². The van der Waals surface area contributed by atoms with Crippen molar-refractivity contribution in [2.75, 3.05) is 11.4 Å². The first kappa shape index (κ1) is 22.2. The molecule has 0 aliphatic carbocycles. The average molecular weight is 343 g/mol. The van der Waals surface area contributed by atoms with Crippen LogP contribution in [0.2, 0.25) is 0 Å². The van der Waals surface area contributed by atoms with E-state index < -0.39 is 17.3 Å². The summed E-state index contributed by atoms with van der Waals surface area (Å²) in [7, 11) is 0. The summed E-state index contributed by atoms with van der Waals surface area (Å²) in [5.41, 5.74) is -1.36. The Morgan fingerprint density at radius 1 is 1.17 bits per heavy atom. The van der Waals surface area contributed by atoms with E-state index in [4.69, 9.17) is 5.26 Å². The summed E-state index contributed by atoms with van der Waals surface area (Å²) in [6, 6.07) is 2.61. The van der Waals surface area contributed by atoms with Crippen LogP contribution < -0.4 is 4.90 Å². The van der Waals surface area contributed by atoms with Gasteiger partial charge in [0.25, 0.3) is 0 Å². The van der Waals surface area contributed by atoms with Gasteiger partial charge in [-0.05, 0) is 25.8 Å². The van der Waals surface area contributed by atoms with Crippen molar-refractivity contribution in [3.05, 3.63) is 23.4 Å². The minimum atomic E-state index is -4.55. The number of alkyl halides is 3. The highest BCUT2D eigenvalue weighted by Gasteiger charge is 2.34. The third-order valence-electron chi connectivity index (χ3n) is 3.70. The Morgan fingerprint density at radius 2 is 1.75 bits per heavy atom. The Bertz CT molecular complexity index is 519. The molecule has 1 atom stereocenters. The van der Waals surface area contributed by atoms with Gasteiger partial charge < -0.3 is 4.90 Å². The van der Waals surface area contributed by atoms with E-state index in [0.717, 1.165) is 25.1 Å². The second-order valence-corrected chi connectivity index (χ2v) is 5.65. The Hall–Kier alpha value is -1.77. The second-order valence-electron chi connectivity index (χ2n) is 5.65. The lowest BCUT2D eigenvalue weighted by molar-refractivity contribution is -0.137. The summed E-state index contributed by atoms with van der Waals surface area (Å²) in [4.78, 5) is 5.86. The fourth-order valence-corrected chi connectivity index (χ4v) is 1.95. The van der Waals surface area contributed by atoms with E-state index >= 15 is 0 Å². The molecule has 0 fully saturated rings. The van der Waals surface area contributed by atoms with Gasteiger partial charge in [0.05, 0.1) is 11.1 Å². The molecule has 3 nitrogen and oxygen atoms in total. The van der Waals surface area contributed by atoms with Crippen LogP contribution >= 0.6 is 0 Å². The lowest BCUT2D eigenvalue weighted by Gasteiger charge is -2.30. The lowest BCUT2D eigenvalue weighted by atomic mass is 10.1. The number of aromatic nitrogens is 1. The number of pyridine rings is 1. The van der Waals surface area contributed by atoms with Gasteiger partial charge in [0.2, 0.25) is 0 Å². The number of halogens is 3. The summed E-state index contributed by atoms with van der Waals surface area (Å²) in [5, 5.41) is 8.77. The molecule has 1 aromatic heterocycles. The maximum absolute atomic E-state index is 13.0. The molecule has 1 heterocycles. The molecule has 0 aromatic carbocycles. The average Bonchev–Trinajstić information content (AvgIpc) is 2.57. The zero-order chi connectivity index (χ0) is 18.8. The molecule has 1 aromatic rings. The van der Waals surface area contributed by atoms with Crippen molar-refractivity contribution in [1.82, 2.24) is 4.98 Å². The van der Waals surface area contributed by atoms with Crippen molar-refractivity contribution in [3.8, 4) is 6.07 Å². The number of nitriles is 1. The van der Waals surface area contributed by atoms with E-state index in [1.54, 1.807) is 6.07 Å². The van der Waals surface area contributed by atoms with Gasteiger partial charge in [0.15, 0.2) is 0 Å². The van der Waals surface area contributed by atoms with E-state index in [0.29, 0.717) is 6.54 Å². The number of unbranched alkanes of at least 4 members (excludes halogenated alkanes) is 1. The number of nitrogens with zero attached hydrogens (tertiary/aromatic N) is 3. The molecule has 0 radical (unpaired) electrons. The molecule has 6 heteroatoms. The minimum Gasteiger partial charge on any atom is -0.354 e. The summed E-state index contributed by atoms with van der Waals surface area (Å²) >= 11 is 0. The maximum Gasteiger partial charge on any atom is 0.417 e. The summed E-state index contributed by atoms with van der Waals surface area (Å²) in [5.74, 6) is 0.271. The van der Waals surface area contributed by atoms with E-state index in [9.17, 15) is 13.2 Å². The summed E-state index contributed by atoms with van der Waals surface area (Å²) in [6.45, 7) is 10.9. The molecule has 0 N–H and O–H groups in total. The van der Waals surface area contributed by atoms with Crippen molar-refractivity contribution < 1.29 is 13.2 Å². The van der Waals surface area contributed by atoms with Crippen LogP contribution in [0.3, 0.4) is 0 Å². The van der Waals surface area contributed by atoms with Crippen molar-refractivity contribution in [2.45, 2.75) is 72.5 Å². The maximum atomic E-state index is 13.0. The standard InChI is InChI=1S/C14H18F3N3.C4H10/c1-4-6-20(10(3)5-2)13-7-12(14(15,16)17)11(8-18)9-19-13;1-3-4-2/h7,9-10H,4-6H2,1-3H3;3-4H2,1-2H3. The quantitative estimate of drug-likeness (QED) is 0.656. The SMILES string of the molecule is CCCC.CCCN(c1cc(C(F)(F)F)c(C#N)cn1)C(C)CC. The monoisotopic (exact) mass is 343 g/mol. The molecule has 0 spiro atoms. The van der Waals surface area contributed by atoms with Crippen LogP contribution in [-0.4, -0.2) is 17.6 Å². The first-order valence-electron chi connectivity index (χ1n) is 8.50. The number of hydrogen-bond donors (Lipinski definition) is 0. The first-order chi connectivity index (χ1) is 11.3. The normalized spacial score (nSPS) is 12.0. The predicted molar refractivity (Wildman–Crippen MR) is 91.9 cm³/mol. The highest BCUT2D eigenvalue weighted by Crippen LogP contribution is 2.33. The van der Waals surface area contributed by atoms with E-state index in [2.05, 4.69) is 18.8 Å². The fraction of sp³-hybridized carbons (Fsp3) is 0.667. The minimum absolute atomic E-state index is 0.0940. The number of anilines is 1. The van der Waals surface area contributed by atoms with Gasteiger partial charge in [-0.2, -0.15) is 18.4 Å². The van der Waals surface area contributed by atoms with Gasteiger partial charge in [-0.1, -0.05) is 40.5 Å². The molecule has 0 bridgehead atoms. The third kappa shape index (κ3) is 6.77. The van der Waals surface area contributed by atoms with Gasteiger partial charge in [0.1, 0.15) is 11.9 Å². The molecule has 0 aliphatic rings. The van der Waals surface area contributed by atoms with Crippen LogP contribution in [0, 0.1) is 11.3 Å². The lowest BCUT2D eigenvalue weighted by Crippen LogP contribution is -2.34. The zero-order valence-electron chi connectivity index (χ0n) is 15.2. The predicted octanol–water partition coefficient (Wildman–Crippen LogP) is 5.79. The van der Waals surface area contributed by atoms with Crippen molar-refractivity contribution >= 4 is 5.82 Å². The van der Waals surface area contributed by atoms with Crippen LogP contribution in [0.15, 0.2) is 12.3 Å². The van der Waals surface area contributed by atoms with Gasteiger partial charge >= 0.3 is 6.18 Å². The first-order valence-corrected chi connectivity index (χ1v) is 8.50. The van der Waals surface area contributed by atoms with Gasteiger partial charge in [0, 0.05) is 18.8 Å². The topological polar surface area (TPSA) is 39.9 Å². The fourth-order valence-electron chi connectivity index (χ4n) is 1.95. The second kappa shape index (κ2) is 10.9. The van der Waals surface area contributed by atoms with Gasteiger partial charge in [-0.15, -0.1) is 0 Å². The Kier molecular flexibility index (Phi) is 10.1. The Balaban J connectivity index is 0.00000118. The molecular formula is C18H28F3N3. The van der Waals surface area contributed by atoms with E-state index in [1.165, 1.54) is 12.8 Å². The number of rotatable bonds is 6. The van der Waals surface area contributed by atoms with Gasteiger partial charge in [-0.25, -0.2) is 4.98 Å². The molecule has 1 rings (SSSR count). The van der Waals surface area contributed by atoms with Crippen molar-refractivity contribution in [2.24, 2.45) is 0 Å². The molecule has 1 unspecified atom stereocenters. The molecule has 0 saturated carbocycles. The van der Waals surface area contributed by atoms with Crippen LogP contribution in [0.5, 0.6) is 0 Å². The summed E-state index contributed by atoms with van der Waals surface area (Å²) in [6.07, 6.45) is 0.718. The van der Waals surface area contributed by atoms with Crippen molar-refractivity contribution in [3.63, 3.8) is 0 Å². The third-order valence-corrected chi connectivity index (χ3v) is 3.70. The molecule has 0 aliphatic heterocycles. The Morgan fingerprint density at radius 3 is 2.12 bits per heavy atom. The summed E-state index contributed by atoms with van der Waals surface area (Å²) < 4.78 is 38.9. The van der Waals surface area contributed by atoms with Crippen LogP contribution in [-0.2, 0) is 6.18 Å². The van der Waals surface area contributed by atoms with Crippen molar-refractivity contribution in [1.29, 1.82) is 5.26 Å². The zero-order valence-corrected chi connectivity index (χ0v) is 15.2. The molecule has 0 amide bonds. The molecular weight excluding hydrogens is 315 g/mol. The van der Waals surface area contributed by atoms with E-state index in [-0.39, 0.29) is 11.9 Å². The smallest absolute Gasteiger partial charge is 0.354 e. The Labute approximate surface area is 143 Å². The van der Waals surface area contributed by atoms with Gasteiger partial charge in [-0.3, -0.25) is 0 Å². The van der Waals surface area contributed by atoms with Crippen LogP contribution in [0.1, 0.15) is 71.4 Å². The van der Waals surface area contributed by atoms with Crippen LogP contribution in [0.25, 0.3) is 0 Å². The number of hydrogen-bond acceptors (Lipinski definition) is 3. The molecule has 136 valence electrons. The highest BCUT2D eigenvalue weighted by molar-refractivity contribution is 5.49. The van der Waals surface area contributed by atoms with E-state index in [1.807, 2.05) is 25.7 Å². The highest BCUT2D eigenvalue weighted by atomic mass is 19.4.